The molecule has 31 heavy (non-hydrogen) atoms. The van der Waals surface area contributed by atoms with E-state index in [2.05, 4.69) is 25.9 Å². The van der Waals surface area contributed by atoms with Gasteiger partial charge < -0.3 is 14.1 Å². The van der Waals surface area contributed by atoms with Gasteiger partial charge in [0.25, 0.3) is 0 Å². The highest BCUT2D eigenvalue weighted by Crippen LogP contribution is 2.47. The Morgan fingerprint density at radius 2 is 1.97 bits per heavy atom. The van der Waals surface area contributed by atoms with Crippen molar-refractivity contribution in [1.29, 1.82) is 0 Å². The number of aromatic carboxylic acids is 1. The van der Waals surface area contributed by atoms with E-state index in [-0.39, 0.29) is 17.0 Å². The lowest BCUT2D eigenvalue weighted by Gasteiger charge is -2.39. The second-order valence-electron chi connectivity index (χ2n) is 9.19. The van der Waals surface area contributed by atoms with E-state index in [1.165, 1.54) is 12.3 Å². The first-order valence-corrected chi connectivity index (χ1v) is 10.2. The van der Waals surface area contributed by atoms with Crippen LogP contribution < -0.4 is 5.43 Å². The molecule has 0 spiro atoms. The van der Waals surface area contributed by atoms with Crippen molar-refractivity contribution in [3.63, 3.8) is 0 Å². The number of furan rings is 1. The fourth-order valence-electron chi connectivity index (χ4n) is 4.67. The molecule has 0 bridgehead atoms. The maximum Gasteiger partial charge on any atom is 0.341 e. The number of carbonyl (C=O) groups is 1. The van der Waals surface area contributed by atoms with Crippen molar-refractivity contribution in [2.45, 2.75) is 33.2 Å². The molecule has 0 unspecified atom stereocenters. The van der Waals surface area contributed by atoms with Crippen LogP contribution in [0.4, 0.5) is 0 Å². The number of carboxylic acid groups (broad SMARTS) is 1. The zero-order valence-corrected chi connectivity index (χ0v) is 17.8. The third-order valence-electron chi connectivity index (χ3n) is 6.26. The van der Waals surface area contributed by atoms with Gasteiger partial charge in [0.05, 0.1) is 17.7 Å². The molecule has 158 valence electrons. The minimum absolute atomic E-state index is 0.0191. The number of nitrogens with zero attached hydrogens (tertiary/aromatic N) is 3. The Morgan fingerprint density at radius 3 is 2.61 bits per heavy atom. The van der Waals surface area contributed by atoms with Crippen molar-refractivity contribution in [1.82, 2.24) is 14.3 Å². The predicted molar refractivity (Wildman–Crippen MR) is 117 cm³/mol. The van der Waals surface area contributed by atoms with Gasteiger partial charge in [0, 0.05) is 48.1 Å². The summed E-state index contributed by atoms with van der Waals surface area (Å²) in [4.78, 5) is 24.3. The number of hydrogen-bond acceptors (Lipinski definition) is 4. The maximum absolute atomic E-state index is 12.7. The van der Waals surface area contributed by atoms with Gasteiger partial charge in [0.15, 0.2) is 5.43 Å². The largest absolute Gasteiger partial charge is 0.477 e. The van der Waals surface area contributed by atoms with Crippen LogP contribution in [0.5, 0.6) is 0 Å². The average Bonchev–Trinajstić information content (AvgIpc) is 3.34. The highest BCUT2D eigenvalue weighted by molar-refractivity contribution is 5.99. The van der Waals surface area contributed by atoms with E-state index in [1.54, 1.807) is 17.1 Å². The van der Waals surface area contributed by atoms with Crippen molar-refractivity contribution in [2.24, 2.45) is 12.5 Å². The molecule has 5 rings (SSSR count). The lowest BCUT2D eigenvalue weighted by Crippen LogP contribution is -2.32. The molecule has 0 fully saturated rings. The first-order valence-electron chi connectivity index (χ1n) is 10.2. The number of carboxylic acids is 1. The van der Waals surface area contributed by atoms with Gasteiger partial charge >= 0.3 is 5.97 Å². The van der Waals surface area contributed by atoms with Crippen molar-refractivity contribution in [3.8, 4) is 22.5 Å². The monoisotopic (exact) mass is 417 g/mol. The Balaban J connectivity index is 1.88. The molecule has 3 aromatic heterocycles. The van der Waals surface area contributed by atoms with Crippen molar-refractivity contribution in [2.75, 3.05) is 0 Å². The summed E-state index contributed by atoms with van der Waals surface area (Å²) < 4.78 is 9.64. The molecule has 0 saturated carbocycles. The van der Waals surface area contributed by atoms with E-state index in [0.29, 0.717) is 6.42 Å². The summed E-state index contributed by atoms with van der Waals surface area (Å²) >= 11 is 0. The van der Waals surface area contributed by atoms with E-state index in [9.17, 15) is 14.7 Å². The molecule has 7 nitrogen and oxygen atoms in total. The molecule has 1 aliphatic heterocycles. The zero-order valence-electron chi connectivity index (χ0n) is 17.8. The van der Waals surface area contributed by atoms with E-state index < -0.39 is 11.4 Å². The van der Waals surface area contributed by atoms with Crippen LogP contribution in [-0.2, 0) is 13.5 Å². The number of benzene rings is 1. The number of aryl methyl sites for hydroxylation is 1. The summed E-state index contributed by atoms with van der Waals surface area (Å²) in [6.07, 6.45) is 5.63. The fourth-order valence-corrected chi connectivity index (χ4v) is 4.67. The van der Waals surface area contributed by atoms with Gasteiger partial charge in [0.1, 0.15) is 11.1 Å². The van der Waals surface area contributed by atoms with Crippen LogP contribution in [0.1, 0.15) is 42.7 Å². The van der Waals surface area contributed by atoms with E-state index in [1.807, 2.05) is 29.8 Å². The lowest BCUT2D eigenvalue weighted by atomic mass is 9.77. The van der Waals surface area contributed by atoms with Gasteiger partial charge in [-0.15, -0.1) is 0 Å². The summed E-state index contributed by atoms with van der Waals surface area (Å²) in [6.45, 7) is 6.38. The van der Waals surface area contributed by atoms with Crippen LogP contribution in [-0.4, -0.2) is 25.4 Å². The van der Waals surface area contributed by atoms with Crippen LogP contribution in [0.2, 0.25) is 0 Å². The smallest absolute Gasteiger partial charge is 0.341 e. The maximum atomic E-state index is 12.7. The topological polar surface area (TPSA) is 90.3 Å². The normalized spacial score (nSPS) is 15.7. The van der Waals surface area contributed by atoms with Crippen molar-refractivity contribution >= 4 is 16.9 Å². The second kappa shape index (κ2) is 6.44. The first-order chi connectivity index (χ1) is 14.7. The molecule has 7 heteroatoms. The van der Waals surface area contributed by atoms with E-state index in [0.717, 1.165) is 39.0 Å². The molecule has 4 heterocycles. The van der Waals surface area contributed by atoms with Crippen LogP contribution >= 0.6 is 0 Å². The molecule has 1 N–H and O–H groups in total. The molecule has 4 aromatic rings. The van der Waals surface area contributed by atoms with Gasteiger partial charge in [-0.25, -0.2) is 4.79 Å². The quantitative estimate of drug-likeness (QED) is 0.518. The van der Waals surface area contributed by atoms with Crippen LogP contribution in [0.25, 0.3) is 33.5 Å². The summed E-state index contributed by atoms with van der Waals surface area (Å²) in [5, 5.41) is 14.8. The number of hydrogen-bond donors (Lipinski definition) is 1. The van der Waals surface area contributed by atoms with Gasteiger partial charge in [0.2, 0.25) is 0 Å². The molecule has 0 aliphatic carbocycles. The molecule has 1 atom stereocenters. The van der Waals surface area contributed by atoms with Gasteiger partial charge in [-0.3, -0.25) is 9.48 Å². The highest BCUT2D eigenvalue weighted by Gasteiger charge is 2.35. The molecular weight excluding hydrogens is 394 g/mol. The zero-order chi connectivity index (χ0) is 22.1. The summed E-state index contributed by atoms with van der Waals surface area (Å²) in [5.74, 6) is -1.21. The Kier molecular flexibility index (Phi) is 4.02. The molecular formula is C24H23N3O4. The van der Waals surface area contributed by atoms with E-state index in [4.69, 9.17) is 4.42 Å². The minimum atomic E-state index is -1.21. The average molecular weight is 417 g/mol. The molecule has 1 aromatic carbocycles. The molecule has 0 amide bonds. The number of rotatable bonds is 2. The predicted octanol–water partition coefficient (Wildman–Crippen LogP) is 4.50. The standard InChI is InChI=1S/C24H23N3O4/c1-24(2,3)21-10-14-13-6-8-31-22(13)16(18-5-7-25-26(18)4)9-15(14)19-11-20(28)17(23(29)30)12-27(19)21/h5-9,11-12,21H,10H2,1-4H3,(H,29,30)/t21-/m0/s1. The van der Waals surface area contributed by atoms with Crippen molar-refractivity contribution in [3.05, 3.63) is 64.3 Å². The van der Waals surface area contributed by atoms with Gasteiger partial charge in [-0.2, -0.15) is 5.10 Å². The Bertz CT molecular complexity index is 1420. The van der Waals surface area contributed by atoms with Crippen molar-refractivity contribution < 1.29 is 14.3 Å². The molecule has 0 saturated heterocycles. The third kappa shape index (κ3) is 2.84. The summed E-state index contributed by atoms with van der Waals surface area (Å²) in [7, 11) is 1.87. The molecule has 1 aliphatic rings. The SMILES string of the molecule is Cn1nccc1-c1cc2c(c3ccoc13)C[C@@H](C(C)(C)C)n1cc(C(=O)O)c(=O)cc1-2. The Hall–Kier alpha value is -3.61. The summed E-state index contributed by atoms with van der Waals surface area (Å²) in [5.41, 5.74) is 4.46. The lowest BCUT2D eigenvalue weighted by molar-refractivity contribution is 0.0693. The number of pyridine rings is 1. The minimum Gasteiger partial charge on any atom is -0.477 e. The van der Waals surface area contributed by atoms with Crippen LogP contribution in [0.15, 0.2) is 52.1 Å². The Morgan fingerprint density at radius 1 is 1.19 bits per heavy atom. The first kappa shape index (κ1) is 19.4. The van der Waals surface area contributed by atoms with Gasteiger partial charge in [-0.1, -0.05) is 20.8 Å². The number of fused-ring (bicyclic) bond motifs is 5. The molecule has 0 radical (unpaired) electrons. The second-order valence-corrected chi connectivity index (χ2v) is 9.19. The fraction of sp³-hybridized carbons (Fsp3) is 0.292. The summed E-state index contributed by atoms with van der Waals surface area (Å²) in [6, 6.07) is 7.36. The van der Waals surface area contributed by atoms with E-state index >= 15 is 0 Å². The Labute approximate surface area is 178 Å². The third-order valence-corrected chi connectivity index (χ3v) is 6.26. The van der Waals surface area contributed by atoms with Crippen LogP contribution in [0.3, 0.4) is 0 Å². The van der Waals surface area contributed by atoms with Crippen LogP contribution in [0, 0.1) is 5.41 Å². The highest BCUT2D eigenvalue weighted by atomic mass is 16.4. The number of aromatic nitrogens is 3. The van der Waals surface area contributed by atoms with Gasteiger partial charge in [-0.05, 0) is 35.6 Å².